The van der Waals surface area contributed by atoms with Gasteiger partial charge in [-0.15, -0.1) is 18.3 Å². The molecule has 57 heavy (non-hydrogen) atoms. The van der Waals surface area contributed by atoms with Crippen LogP contribution in [0, 0.1) is 23.7 Å². The average Bonchev–Trinajstić information content (AvgIpc) is 3.76. The highest BCUT2D eigenvalue weighted by molar-refractivity contribution is 7.98. The summed E-state index contributed by atoms with van der Waals surface area (Å²) in [4.78, 5) is 23.8. The van der Waals surface area contributed by atoms with Gasteiger partial charge in [0.05, 0.1) is 18.2 Å². The number of hydrogen-bond acceptors (Lipinski definition) is 9. The SMILES string of the molecule is C=CCOC12Oc3ccc(Oc4ccc(SC)cc4)cc3C3C(CCCCO)C(CCCCO)C=C(C(=NOCC)CC1N(CCC)C(=O)CCC1CCCC1)C32. The number of carbonyl (C=O) groups excluding carboxylic acids is 1. The number of amides is 1. The number of allylic oxidation sites excluding steroid dienone is 1. The first-order valence-corrected chi connectivity index (χ1v) is 22.9. The molecule has 0 radical (unpaired) electrons. The number of rotatable bonds is 22. The molecule has 3 aliphatic carbocycles. The lowest BCUT2D eigenvalue weighted by Crippen LogP contribution is -2.70. The number of aliphatic hydroxyl groups is 2. The lowest BCUT2D eigenvalue weighted by molar-refractivity contribution is -0.257. The topological polar surface area (TPSA) is 110 Å². The second-order valence-electron chi connectivity index (χ2n) is 16.2. The van der Waals surface area contributed by atoms with Gasteiger partial charge in [-0.2, -0.15) is 0 Å². The quantitative estimate of drug-likeness (QED) is 0.0524. The van der Waals surface area contributed by atoms with Gasteiger partial charge in [0.1, 0.15) is 29.9 Å². The van der Waals surface area contributed by atoms with Gasteiger partial charge in [0, 0.05) is 49.0 Å². The molecule has 6 unspecified atom stereocenters. The molecular formula is C47H66N2O7S. The number of aliphatic hydroxyl groups excluding tert-OH is 2. The zero-order valence-corrected chi connectivity index (χ0v) is 35.4. The Morgan fingerprint density at radius 1 is 1.02 bits per heavy atom. The second kappa shape index (κ2) is 21.1. The zero-order chi connectivity index (χ0) is 40.2. The molecule has 0 spiro atoms. The second-order valence-corrected chi connectivity index (χ2v) is 17.1. The molecule has 2 fully saturated rings. The van der Waals surface area contributed by atoms with Crippen LogP contribution < -0.4 is 9.47 Å². The molecule has 4 aliphatic rings. The molecule has 1 amide bonds. The van der Waals surface area contributed by atoms with Crippen LogP contribution in [0.4, 0.5) is 0 Å². The molecule has 6 atom stereocenters. The molecule has 0 bridgehead atoms. The van der Waals surface area contributed by atoms with Crippen molar-refractivity contribution < 1.29 is 34.1 Å². The predicted molar refractivity (Wildman–Crippen MR) is 228 cm³/mol. The Morgan fingerprint density at radius 2 is 1.75 bits per heavy atom. The van der Waals surface area contributed by atoms with Gasteiger partial charge < -0.3 is 34.2 Å². The van der Waals surface area contributed by atoms with Crippen LogP contribution in [0.2, 0.25) is 0 Å². The van der Waals surface area contributed by atoms with E-state index < -0.39 is 11.8 Å². The summed E-state index contributed by atoms with van der Waals surface area (Å²) < 4.78 is 21.0. The molecule has 9 nitrogen and oxygen atoms in total. The van der Waals surface area contributed by atoms with E-state index in [4.69, 9.17) is 24.2 Å². The van der Waals surface area contributed by atoms with Crippen LogP contribution in [0.15, 0.2) is 76.8 Å². The molecule has 10 heteroatoms. The summed E-state index contributed by atoms with van der Waals surface area (Å²) in [5.41, 5.74) is 2.95. The molecule has 312 valence electrons. The van der Waals surface area contributed by atoms with Crippen LogP contribution >= 0.6 is 11.8 Å². The Bertz CT molecular complexity index is 1670. The molecule has 2 aromatic rings. The third-order valence-electron chi connectivity index (χ3n) is 12.6. The maximum absolute atomic E-state index is 14.6. The maximum Gasteiger partial charge on any atom is 0.239 e. The highest BCUT2D eigenvalue weighted by atomic mass is 32.2. The molecule has 2 N–H and O–H groups in total. The van der Waals surface area contributed by atoms with Crippen molar-refractivity contribution in [1.82, 2.24) is 4.90 Å². The van der Waals surface area contributed by atoms with Crippen LogP contribution in [0.5, 0.6) is 17.2 Å². The monoisotopic (exact) mass is 802 g/mol. The average molecular weight is 803 g/mol. The molecule has 0 saturated heterocycles. The fraction of sp³-hybridized carbons (Fsp3) is 0.617. The molecule has 2 aromatic carbocycles. The number of nitrogens with zero attached hydrogens (tertiary/aromatic N) is 2. The Labute approximate surface area is 345 Å². The van der Waals surface area contributed by atoms with Gasteiger partial charge in [-0.05, 0) is 117 Å². The van der Waals surface area contributed by atoms with E-state index in [0.29, 0.717) is 38.3 Å². The summed E-state index contributed by atoms with van der Waals surface area (Å²) in [6.07, 6.45) is 18.7. The molecule has 6 rings (SSSR count). The van der Waals surface area contributed by atoms with Gasteiger partial charge in [0.25, 0.3) is 0 Å². The summed E-state index contributed by atoms with van der Waals surface area (Å²) in [7, 11) is 0. The number of thioether (sulfide) groups is 1. The Morgan fingerprint density at radius 3 is 2.44 bits per heavy atom. The number of ether oxygens (including phenoxy) is 3. The van der Waals surface area contributed by atoms with Crippen molar-refractivity contribution >= 4 is 23.4 Å². The van der Waals surface area contributed by atoms with E-state index >= 15 is 0 Å². The smallest absolute Gasteiger partial charge is 0.239 e. The minimum absolute atomic E-state index is 0.0921. The van der Waals surface area contributed by atoms with E-state index in [1.807, 2.05) is 31.2 Å². The third-order valence-corrected chi connectivity index (χ3v) is 13.4. The van der Waals surface area contributed by atoms with Crippen molar-refractivity contribution in [3.8, 4) is 17.2 Å². The number of carbonyl (C=O) groups is 1. The first-order chi connectivity index (χ1) is 27.9. The first kappa shape index (κ1) is 43.3. The van der Waals surface area contributed by atoms with Gasteiger partial charge in [-0.3, -0.25) is 4.79 Å². The zero-order valence-electron chi connectivity index (χ0n) is 34.5. The Hall–Kier alpha value is -3.31. The molecule has 1 heterocycles. The minimum atomic E-state index is -1.23. The summed E-state index contributed by atoms with van der Waals surface area (Å²) in [6.45, 7) is 9.68. The number of hydrogen-bond donors (Lipinski definition) is 2. The standard InChI is InChI=1S/C47H66N2O7S/c1-5-26-49(44(52)25-18-33-14-8-9-15-33)43-32-41(48-54-7-3)39-30-34(16-10-12-27-50)38(17-11-13-28-51)45-40-31-36(55-35-19-22-37(57-4)23-20-35)21-24-42(40)56-47(43,46(39)45)53-29-6-2/h6,19-24,30-31,33-34,38,43,45-46,50-51H,2,5,7-18,25-29,32H2,1,3-4H3. The molecule has 1 aliphatic heterocycles. The Balaban J connectivity index is 1.53. The predicted octanol–water partition coefficient (Wildman–Crippen LogP) is 10.1. The fourth-order valence-electron chi connectivity index (χ4n) is 10.1. The van der Waals surface area contributed by atoms with Gasteiger partial charge in [-0.1, -0.05) is 62.8 Å². The van der Waals surface area contributed by atoms with E-state index in [1.165, 1.54) is 30.6 Å². The normalized spacial score (nSPS) is 25.9. The lowest BCUT2D eigenvalue weighted by Gasteiger charge is -2.60. The van der Waals surface area contributed by atoms with Crippen molar-refractivity contribution in [2.75, 3.05) is 39.2 Å². The van der Waals surface area contributed by atoms with Crippen LogP contribution in [0.3, 0.4) is 0 Å². The van der Waals surface area contributed by atoms with Crippen LogP contribution in [0.25, 0.3) is 0 Å². The van der Waals surface area contributed by atoms with Crippen molar-refractivity contribution in [2.45, 2.75) is 126 Å². The summed E-state index contributed by atoms with van der Waals surface area (Å²) in [6, 6.07) is 13.8. The number of unbranched alkanes of at least 4 members (excludes halogenated alkanes) is 2. The van der Waals surface area contributed by atoms with Gasteiger partial charge in [0.2, 0.25) is 11.7 Å². The molecule has 2 saturated carbocycles. The van der Waals surface area contributed by atoms with Gasteiger partial charge in [-0.25, -0.2) is 0 Å². The fourth-order valence-corrected chi connectivity index (χ4v) is 10.5. The summed E-state index contributed by atoms with van der Waals surface area (Å²) in [5.74, 6) is 1.62. The number of fused-ring (bicyclic) bond motifs is 2. The van der Waals surface area contributed by atoms with Crippen molar-refractivity contribution in [1.29, 1.82) is 0 Å². The first-order valence-electron chi connectivity index (χ1n) is 21.7. The van der Waals surface area contributed by atoms with Crippen molar-refractivity contribution in [2.24, 2.45) is 28.8 Å². The van der Waals surface area contributed by atoms with E-state index in [9.17, 15) is 15.0 Å². The van der Waals surface area contributed by atoms with Gasteiger partial charge in [0.15, 0.2) is 0 Å². The number of oxime groups is 1. The highest BCUT2D eigenvalue weighted by Gasteiger charge is 2.65. The van der Waals surface area contributed by atoms with Gasteiger partial charge >= 0.3 is 0 Å². The Kier molecular flexibility index (Phi) is 16.0. The van der Waals surface area contributed by atoms with Crippen LogP contribution in [-0.4, -0.2) is 77.8 Å². The molecule has 0 aromatic heterocycles. The summed E-state index contributed by atoms with van der Waals surface area (Å²) >= 11 is 1.70. The maximum atomic E-state index is 14.6. The minimum Gasteiger partial charge on any atom is -0.459 e. The summed E-state index contributed by atoms with van der Waals surface area (Å²) in [5, 5.41) is 24.6. The van der Waals surface area contributed by atoms with Crippen LogP contribution in [0.1, 0.15) is 115 Å². The largest absolute Gasteiger partial charge is 0.459 e. The van der Waals surface area contributed by atoms with E-state index in [1.54, 1.807) is 17.8 Å². The highest BCUT2D eigenvalue weighted by Crippen LogP contribution is 2.62. The van der Waals surface area contributed by atoms with E-state index in [-0.39, 0.29) is 49.4 Å². The van der Waals surface area contributed by atoms with Crippen molar-refractivity contribution in [3.05, 3.63) is 72.3 Å². The van der Waals surface area contributed by atoms with Crippen LogP contribution in [-0.2, 0) is 14.4 Å². The van der Waals surface area contributed by atoms with E-state index in [0.717, 1.165) is 79.0 Å². The van der Waals surface area contributed by atoms with E-state index in [2.05, 4.69) is 48.9 Å². The third kappa shape index (κ3) is 9.94. The lowest BCUT2D eigenvalue weighted by atomic mass is 9.55. The number of benzene rings is 2. The van der Waals surface area contributed by atoms with Crippen molar-refractivity contribution in [3.63, 3.8) is 0 Å². The molecular weight excluding hydrogens is 737 g/mol.